The normalized spacial score (nSPS) is 10.9. The summed E-state index contributed by atoms with van der Waals surface area (Å²) in [7, 11) is 1.51. The highest BCUT2D eigenvalue weighted by atomic mass is 79.9. The van der Waals surface area contributed by atoms with Gasteiger partial charge in [0, 0.05) is 26.8 Å². The molecular weight excluding hydrogens is 413 g/mol. The van der Waals surface area contributed by atoms with E-state index in [4.69, 9.17) is 27.9 Å². The minimum atomic E-state index is -0.248. The van der Waals surface area contributed by atoms with Crippen LogP contribution in [0.3, 0.4) is 0 Å². The summed E-state index contributed by atoms with van der Waals surface area (Å²) in [6.07, 6.45) is 3.04. The highest BCUT2D eigenvalue weighted by Crippen LogP contribution is 2.33. The maximum absolute atomic E-state index is 12.2. The third-order valence-corrected chi connectivity index (χ3v) is 4.36. The molecule has 0 unspecified atom stereocenters. The molecule has 1 N–H and O–H groups in total. The quantitative estimate of drug-likeness (QED) is 0.603. The van der Waals surface area contributed by atoms with Crippen molar-refractivity contribution in [1.82, 2.24) is 0 Å². The maximum Gasteiger partial charge on any atom is 0.248 e. The number of hydrogen-bond acceptors (Lipinski definition) is 2. The summed E-state index contributed by atoms with van der Waals surface area (Å²) in [5, 5.41) is 3.76. The number of halogens is 3. The van der Waals surface area contributed by atoms with E-state index < -0.39 is 0 Å². The second-order valence-corrected chi connectivity index (χ2v) is 7.01. The lowest BCUT2D eigenvalue weighted by molar-refractivity contribution is -0.111. The monoisotopic (exact) mass is 427 g/mol. The van der Waals surface area contributed by atoms with E-state index in [1.165, 1.54) is 13.2 Å². The van der Waals surface area contributed by atoms with Gasteiger partial charge in [-0.1, -0.05) is 39.1 Å². The van der Waals surface area contributed by atoms with Crippen molar-refractivity contribution in [2.24, 2.45) is 0 Å². The van der Waals surface area contributed by atoms with E-state index in [2.05, 4.69) is 21.2 Å². The molecule has 0 spiro atoms. The molecule has 2 aromatic carbocycles. The van der Waals surface area contributed by atoms with Crippen LogP contribution in [-0.4, -0.2) is 13.0 Å². The number of amides is 1. The zero-order valence-corrected chi connectivity index (χ0v) is 16.5. The van der Waals surface area contributed by atoms with Crippen molar-refractivity contribution in [3.05, 3.63) is 61.5 Å². The number of rotatable bonds is 4. The Morgan fingerprint density at radius 1 is 1.17 bits per heavy atom. The molecule has 0 aromatic heterocycles. The summed E-state index contributed by atoms with van der Waals surface area (Å²) in [5.41, 5.74) is 3.39. The molecule has 1 amide bonds. The van der Waals surface area contributed by atoms with E-state index in [1.807, 2.05) is 26.0 Å². The molecular formula is C18H16BrCl2NO2. The van der Waals surface area contributed by atoms with E-state index in [1.54, 1.807) is 18.2 Å². The van der Waals surface area contributed by atoms with Crippen molar-refractivity contribution in [2.45, 2.75) is 13.8 Å². The molecule has 2 aromatic rings. The van der Waals surface area contributed by atoms with Crippen molar-refractivity contribution in [3.63, 3.8) is 0 Å². The molecule has 0 radical (unpaired) electrons. The number of carbonyl (C=O) groups is 1. The van der Waals surface area contributed by atoms with Crippen LogP contribution in [0.2, 0.25) is 10.0 Å². The number of ether oxygens (including phenoxy) is 1. The van der Waals surface area contributed by atoms with E-state index in [9.17, 15) is 4.79 Å². The first-order valence-electron chi connectivity index (χ1n) is 7.10. The predicted molar refractivity (Wildman–Crippen MR) is 104 cm³/mol. The van der Waals surface area contributed by atoms with Crippen molar-refractivity contribution < 1.29 is 9.53 Å². The molecule has 0 fully saturated rings. The molecule has 6 heteroatoms. The van der Waals surface area contributed by atoms with Gasteiger partial charge in [-0.15, -0.1) is 0 Å². The minimum absolute atomic E-state index is 0.248. The van der Waals surface area contributed by atoms with Crippen LogP contribution < -0.4 is 10.1 Å². The van der Waals surface area contributed by atoms with Gasteiger partial charge in [0.15, 0.2) is 0 Å². The topological polar surface area (TPSA) is 38.3 Å². The van der Waals surface area contributed by atoms with Gasteiger partial charge >= 0.3 is 0 Å². The molecule has 0 bridgehead atoms. The highest BCUT2D eigenvalue weighted by Gasteiger charge is 2.09. The molecule has 24 heavy (non-hydrogen) atoms. The molecule has 0 heterocycles. The van der Waals surface area contributed by atoms with E-state index in [-0.39, 0.29) is 5.91 Å². The lowest BCUT2D eigenvalue weighted by atomic mass is 10.1. The second-order valence-electron chi connectivity index (χ2n) is 5.25. The van der Waals surface area contributed by atoms with Crippen LogP contribution in [0.4, 0.5) is 5.69 Å². The van der Waals surface area contributed by atoms with Crippen LogP contribution in [-0.2, 0) is 4.79 Å². The van der Waals surface area contributed by atoms with E-state index >= 15 is 0 Å². The molecule has 0 aliphatic carbocycles. The fraction of sp³-hybridized carbons (Fsp3) is 0.167. The van der Waals surface area contributed by atoms with Crippen molar-refractivity contribution in [1.29, 1.82) is 0 Å². The Hall–Kier alpha value is -1.49. The Labute approximate surface area is 159 Å². The molecule has 0 aliphatic heterocycles. The van der Waals surface area contributed by atoms with Crippen LogP contribution in [0.15, 0.2) is 34.8 Å². The second kappa shape index (κ2) is 8.06. The van der Waals surface area contributed by atoms with Gasteiger partial charge in [-0.25, -0.2) is 0 Å². The smallest absolute Gasteiger partial charge is 0.248 e. The summed E-state index contributed by atoms with van der Waals surface area (Å²) >= 11 is 15.5. The van der Waals surface area contributed by atoms with Crippen LogP contribution in [0.1, 0.15) is 16.7 Å². The third-order valence-electron chi connectivity index (χ3n) is 3.40. The first-order valence-corrected chi connectivity index (χ1v) is 8.65. The van der Waals surface area contributed by atoms with Gasteiger partial charge in [-0.05, 0) is 55.3 Å². The number of hydrogen-bond donors (Lipinski definition) is 1. The van der Waals surface area contributed by atoms with Crippen molar-refractivity contribution in [3.8, 4) is 5.75 Å². The first kappa shape index (κ1) is 18.8. The highest BCUT2D eigenvalue weighted by molar-refractivity contribution is 9.10. The van der Waals surface area contributed by atoms with Crippen LogP contribution in [0.5, 0.6) is 5.75 Å². The van der Waals surface area contributed by atoms with Gasteiger partial charge in [-0.3, -0.25) is 4.79 Å². The van der Waals surface area contributed by atoms with E-state index in [0.29, 0.717) is 21.4 Å². The molecule has 2 rings (SSSR count). The molecule has 0 saturated heterocycles. The fourth-order valence-electron chi connectivity index (χ4n) is 2.36. The SMILES string of the molecule is COc1c(Cl)cc(Cl)cc1C=CC(=O)Nc1c(C)cc(Br)cc1C. The maximum atomic E-state index is 12.2. The minimum Gasteiger partial charge on any atom is -0.495 e. The Morgan fingerprint density at radius 3 is 2.38 bits per heavy atom. The Morgan fingerprint density at radius 2 is 1.79 bits per heavy atom. The van der Waals surface area contributed by atoms with E-state index in [0.717, 1.165) is 21.3 Å². The number of aryl methyl sites for hydroxylation is 2. The first-order chi connectivity index (χ1) is 11.3. The average Bonchev–Trinajstić information content (AvgIpc) is 2.48. The molecule has 0 aliphatic rings. The zero-order valence-electron chi connectivity index (χ0n) is 13.4. The summed E-state index contributed by atoms with van der Waals surface area (Å²) in [5.74, 6) is 0.225. The lowest BCUT2D eigenvalue weighted by Crippen LogP contribution is -2.10. The summed E-state index contributed by atoms with van der Waals surface area (Å²) in [6, 6.07) is 7.18. The summed E-state index contributed by atoms with van der Waals surface area (Å²) in [6.45, 7) is 3.88. The van der Waals surface area contributed by atoms with Gasteiger partial charge in [0.2, 0.25) is 5.91 Å². The van der Waals surface area contributed by atoms with Crippen LogP contribution >= 0.6 is 39.1 Å². The number of methoxy groups -OCH3 is 1. The molecule has 126 valence electrons. The standard InChI is InChI=1S/C18H16BrCl2NO2/c1-10-6-13(19)7-11(2)17(10)22-16(23)5-4-12-8-14(20)9-15(21)18(12)24-3/h4-9H,1-3H3,(H,22,23). The largest absolute Gasteiger partial charge is 0.495 e. The van der Waals surface area contributed by atoms with Gasteiger partial charge in [0.05, 0.1) is 12.1 Å². The van der Waals surface area contributed by atoms with Crippen LogP contribution in [0, 0.1) is 13.8 Å². The Balaban J connectivity index is 2.23. The van der Waals surface area contributed by atoms with Gasteiger partial charge in [-0.2, -0.15) is 0 Å². The number of anilines is 1. The van der Waals surface area contributed by atoms with Gasteiger partial charge in [0.25, 0.3) is 0 Å². The predicted octanol–water partition coefficient (Wildman–Crippen LogP) is 6.03. The summed E-state index contributed by atoms with van der Waals surface area (Å²) < 4.78 is 6.23. The van der Waals surface area contributed by atoms with Crippen molar-refractivity contribution in [2.75, 3.05) is 12.4 Å². The molecule has 0 atom stereocenters. The van der Waals surface area contributed by atoms with Gasteiger partial charge in [0.1, 0.15) is 5.75 Å². The number of benzene rings is 2. The van der Waals surface area contributed by atoms with Crippen LogP contribution in [0.25, 0.3) is 6.08 Å². The van der Waals surface area contributed by atoms with Gasteiger partial charge < -0.3 is 10.1 Å². The third kappa shape index (κ3) is 4.53. The number of nitrogens with one attached hydrogen (secondary N) is 1. The Bertz CT molecular complexity index is 796. The zero-order chi connectivity index (χ0) is 17.9. The lowest BCUT2D eigenvalue weighted by Gasteiger charge is -2.11. The van der Waals surface area contributed by atoms with Crippen molar-refractivity contribution >= 4 is 56.8 Å². The summed E-state index contributed by atoms with van der Waals surface area (Å²) in [4.78, 5) is 12.2. The molecule has 3 nitrogen and oxygen atoms in total. The Kier molecular flexibility index (Phi) is 6.33. The fourth-order valence-corrected chi connectivity index (χ4v) is 3.63. The average molecular weight is 429 g/mol. The number of carbonyl (C=O) groups excluding carboxylic acids is 1. The molecule has 0 saturated carbocycles.